The molecule has 0 unspecified atom stereocenters. The first kappa shape index (κ1) is 10.7. The smallest absolute Gasteiger partial charge is 0.0843 e. The second kappa shape index (κ2) is 5.40. The largest absolute Gasteiger partial charge is 0.301 e. The van der Waals surface area contributed by atoms with E-state index in [1.807, 2.05) is 0 Å². The summed E-state index contributed by atoms with van der Waals surface area (Å²) >= 11 is 0. The van der Waals surface area contributed by atoms with E-state index < -0.39 is 0 Å². The molecule has 2 nitrogen and oxygen atoms in total. The molecule has 1 aliphatic rings. The Morgan fingerprint density at radius 1 is 1.64 bits per heavy atom. The normalized spacial score (nSPS) is 18.2. The van der Waals surface area contributed by atoms with Crippen molar-refractivity contribution in [3.8, 4) is 6.07 Å². The molecule has 0 saturated heterocycles. The Hall–Kier alpha value is -0.260. The quantitative estimate of drug-likeness (QED) is 0.659. The van der Waals surface area contributed by atoms with Crippen LogP contribution in [0.25, 0.3) is 0 Å². The summed E-state index contributed by atoms with van der Waals surface area (Å²) in [6.45, 7) is 2.68. The van der Waals surface area contributed by atoms with Crippen LogP contribution in [0.15, 0.2) is 0 Å². The van der Waals surface area contributed by atoms with Gasteiger partial charge in [-0.3, -0.25) is 0 Å². The molecule has 1 rings (SSSR count). The first-order valence-electron chi connectivity index (χ1n) is 3.98. The van der Waals surface area contributed by atoms with E-state index in [0.29, 0.717) is 12.6 Å². The van der Waals surface area contributed by atoms with Crippen LogP contribution in [0.4, 0.5) is 0 Å². The van der Waals surface area contributed by atoms with E-state index in [0.717, 1.165) is 12.3 Å². The van der Waals surface area contributed by atoms with Crippen molar-refractivity contribution in [1.29, 1.82) is 5.26 Å². The molecule has 0 aromatic carbocycles. The Morgan fingerprint density at radius 2 is 2.27 bits per heavy atom. The van der Waals surface area contributed by atoms with Crippen molar-refractivity contribution in [1.82, 2.24) is 5.32 Å². The van der Waals surface area contributed by atoms with E-state index in [-0.39, 0.29) is 12.4 Å². The van der Waals surface area contributed by atoms with E-state index in [1.165, 1.54) is 12.8 Å². The molecule has 1 fully saturated rings. The van der Waals surface area contributed by atoms with E-state index in [4.69, 9.17) is 5.26 Å². The molecule has 64 valence electrons. The van der Waals surface area contributed by atoms with Crippen LogP contribution in [0.5, 0.6) is 0 Å². The maximum atomic E-state index is 8.30. The molecule has 1 aliphatic carbocycles. The zero-order chi connectivity index (χ0) is 7.40. The predicted molar refractivity (Wildman–Crippen MR) is 47.7 cm³/mol. The highest BCUT2D eigenvalue weighted by molar-refractivity contribution is 5.85. The van der Waals surface area contributed by atoms with Crippen molar-refractivity contribution in [3.05, 3.63) is 0 Å². The summed E-state index contributed by atoms with van der Waals surface area (Å²) in [5.41, 5.74) is 0. The molecule has 3 heteroatoms. The third-order valence-corrected chi connectivity index (χ3v) is 2.07. The van der Waals surface area contributed by atoms with Gasteiger partial charge in [-0.25, -0.2) is 0 Å². The van der Waals surface area contributed by atoms with Crippen LogP contribution in [-0.2, 0) is 0 Å². The second-order valence-electron chi connectivity index (χ2n) is 2.89. The van der Waals surface area contributed by atoms with Gasteiger partial charge < -0.3 is 5.32 Å². The minimum Gasteiger partial charge on any atom is -0.301 e. The van der Waals surface area contributed by atoms with Crippen molar-refractivity contribution in [2.24, 2.45) is 5.92 Å². The highest BCUT2D eigenvalue weighted by Crippen LogP contribution is 2.33. The molecule has 11 heavy (non-hydrogen) atoms. The Morgan fingerprint density at radius 3 is 2.64 bits per heavy atom. The van der Waals surface area contributed by atoms with Crippen LogP contribution in [0.2, 0.25) is 0 Å². The summed E-state index contributed by atoms with van der Waals surface area (Å²) in [5, 5.41) is 11.5. The maximum Gasteiger partial charge on any atom is 0.0843 e. The van der Waals surface area contributed by atoms with Gasteiger partial charge in [0.05, 0.1) is 12.6 Å². The highest BCUT2D eigenvalue weighted by atomic mass is 35.5. The minimum absolute atomic E-state index is 0. The fraction of sp³-hybridized carbons (Fsp3) is 0.875. The van der Waals surface area contributed by atoms with Crippen LogP contribution in [0, 0.1) is 17.2 Å². The van der Waals surface area contributed by atoms with Crippen molar-refractivity contribution >= 4 is 12.4 Å². The summed E-state index contributed by atoms with van der Waals surface area (Å²) in [6, 6.07) is 2.71. The number of nitrogens with one attached hydrogen (secondary N) is 1. The molecular weight excluding hydrogens is 160 g/mol. The number of nitrogens with zero attached hydrogens (tertiary/aromatic N) is 1. The maximum absolute atomic E-state index is 8.30. The molecule has 0 aromatic heterocycles. The molecule has 0 aliphatic heterocycles. The topological polar surface area (TPSA) is 35.8 Å². The van der Waals surface area contributed by atoms with Crippen LogP contribution in [0.1, 0.15) is 26.2 Å². The SMILES string of the molecule is CC[C@@H](NCC#N)C1CC1.Cl. The fourth-order valence-corrected chi connectivity index (χ4v) is 1.32. The van der Waals surface area contributed by atoms with Crippen molar-refractivity contribution in [2.45, 2.75) is 32.2 Å². The van der Waals surface area contributed by atoms with Gasteiger partial charge in [0.25, 0.3) is 0 Å². The average Bonchev–Trinajstić information content (AvgIpc) is 2.73. The molecule has 0 radical (unpaired) electrons. The summed E-state index contributed by atoms with van der Waals surface area (Å²) in [5.74, 6) is 0.873. The van der Waals surface area contributed by atoms with Gasteiger partial charge >= 0.3 is 0 Å². The van der Waals surface area contributed by atoms with E-state index >= 15 is 0 Å². The lowest BCUT2D eigenvalue weighted by atomic mass is 10.1. The molecule has 0 amide bonds. The Kier molecular flexibility index (Phi) is 5.27. The summed E-state index contributed by atoms with van der Waals surface area (Å²) in [7, 11) is 0. The van der Waals surface area contributed by atoms with Gasteiger partial charge in [0, 0.05) is 6.04 Å². The fourth-order valence-electron chi connectivity index (χ4n) is 1.32. The van der Waals surface area contributed by atoms with Gasteiger partial charge in [0.2, 0.25) is 0 Å². The number of halogens is 1. The van der Waals surface area contributed by atoms with Crippen molar-refractivity contribution in [2.75, 3.05) is 6.54 Å². The van der Waals surface area contributed by atoms with E-state index in [9.17, 15) is 0 Å². The monoisotopic (exact) mass is 174 g/mol. The first-order chi connectivity index (χ1) is 4.88. The van der Waals surface area contributed by atoms with E-state index in [1.54, 1.807) is 0 Å². The van der Waals surface area contributed by atoms with Crippen LogP contribution >= 0.6 is 12.4 Å². The van der Waals surface area contributed by atoms with Crippen molar-refractivity contribution in [3.63, 3.8) is 0 Å². The zero-order valence-electron chi connectivity index (χ0n) is 6.84. The number of hydrogen-bond donors (Lipinski definition) is 1. The van der Waals surface area contributed by atoms with Gasteiger partial charge in [0.1, 0.15) is 0 Å². The Labute approximate surface area is 74.4 Å². The molecule has 1 atom stereocenters. The standard InChI is InChI=1S/C8H14N2.ClH/c1-2-8(7-3-4-7)10-6-5-9;/h7-8,10H,2-4,6H2,1H3;1H/t8-;/m1./s1. The molecular formula is C8H15ClN2. The Balaban J connectivity index is 0.000001000. The number of rotatable bonds is 4. The molecule has 0 heterocycles. The minimum atomic E-state index is 0. The first-order valence-corrected chi connectivity index (χ1v) is 3.98. The van der Waals surface area contributed by atoms with Gasteiger partial charge in [-0.05, 0) is 25.2 Å². The number of hydrogen-bond acceptors (Lipinski definition) is 2. The van der Waals surface area contributed by atoms with E-state index in [2.05, 4.69) is 18.3 Å². The lowest BCUT2D eigenvalue weighted by Gasteiger charge is -2.12. The van der Waals surface area contributed by atoms with Gasteiger partial charge in [0.15, 0.2) is 0 Å². The molecule has 0 bridgehead atoms. The van der Waals surface area contributed by atoms with Crippen LogP contribution in [-0.4, -0.2) is 12.6 Å². The molecule has 1 N–H and O–H groups in total. The zero-order valence-corrected chi connectivity index (χ0v) is 7.66. The number of nitriles is 1. The predicted octanol–water partition coefficient (Wildman–Crippen LogP) is 1.71. The molecule has 0 aromatic rings. The molecule has 0 spiro atoms. The lowest BCUT2D eigenvalue weighted by molar-refractivity contribution is 0.473. The average molecular weight is 175 g/mol. The lowest BCUT2D eigenvalue weighted by Crippen LogP contribution is -2.30. The van der Waals surface area contributed by atoms with Gasteiger partial charge in [-0.2, -0.15) is 5.26 Å². The van der Waals surface area contributed by atoms with Gasteiger partial charge in [-0.15, -0.1) is 12.4 Å². The second-order valence-corrected chi connectivity index (χ2v) is 2.89. The summed E-state index contributed by atoms with van der Waals surface area (Å²) < 4.78 is 0. The third kappa shape index (κ3) is 3.60. The molecule has 1 saturated carbocycles. The van der Waals surface area contributed by atoms with Gasteiger partial charge in [-0.1, -0.05) is 6.92 Å². The summed E-state index contributed by atoms with van der Waals surface area (Å²) in [4.78, 5) is 0. The van der Waals surface area contributed by atoms with Crippen molar-refractivity contribution < 1.29 is 0 Å². The third-order valence-electron chi connectivity index (χ3n) is 2.07. The highest BCUT2D eigenvalue weighted by Gasteiger charge is 2.29. The summed E-state index contributed by atoms with van der Waals surface area (Å²) in [6.07, 6.45) is 3.88. The Bertz CT molecular complexity index is 138. The van der Waals surface area contributed by atoms with Crippen LogP contribution < -0.4 is 5.32 Å². The van der Waals surface area contributed by atoms with Crippen LogP contribution in [0.3, 0.4) is 0 Å².